The minimum absolute atomic E-state index is 0.0134. The van der Waals surface area contributed by atoms with E-state index in [-0.39, 0.29) is 22.4 Å². The summed E-state index contributed by atoms with van der Waals surface area (Å²) in [6.07, 6.45) is 1.58. The molecule has 0 spiro atoms. The van der Waals surface area contributed by atoms with E-state index in [1.165, 1.54) is 23.9 Å². The van der Waals surface area contributed by atoms with Gasteiger partial charge in [-0.1, -0.05) is 29.3 Å². The Balaban J connectivity index is 1.88. The highest BCUT2D eigenvalue weighted by Gasteiger charge is 2.24. The van der Waals surface area contributed by atoms with E-state index in [1.54, 1.807) is 6.08 Å². The number of benzene rings is 2. The first-order chi connectivity index (χ1) is 11.8. The minimum atomic E-state index is -0.385. The molecule has 7 heteroatoms. The number of amides is 1. The van der Waals surface area contributed by atoms with Crippen LogP contribution in [0.1, 0.15) is 16.7 Å². The largest absolute Gasteiger partial charge is 0.504 e. The number of nitrogens with zero attached hydrogens (tertiary/aromatic N) is 1. The number of rotatable bonds is 2. The zero-order valence-electron chi connectivity index (χ0n) is 13.5. The Kier molecular flexibility index (Phi) is 4.74. The van der Waals surface area contributed by atoms with Crippen molar-refractivity contribution in [2.45, 2.75) is 13.8 Å². The number of carbonyl (C=O) groups is 1. The van der Waals surface area contributed by atoms with Gasteiger partial charge in [-0.25, -0.2) is 4.99 Å². The van der Waals surface area contributed by atoms with Gasteiger partial charge in [0, 0.05) is 0 Å². The molecule has 0 aromatic heterocycles. The topological polar surface area (TPSA) is 81.9 Å². The molecule has 5 nitrogen and oxygen atoms in total. The average Bonchev–Trinajstić information content (AvgIpc) is 2.87. The first-order valence-corrected chi connectivity index (χ1v) is 8.61. The van der Waals surface area contributed by atoms with Crippen LogP contribution in [0, 0.1) is 13.8 Å². The van der Waals surface area contributed by atoms with Gasteiger partial charge in [0.15, 0.2) is 16.7 Å². The summed E-state index contributed by atoms with van der Waals surface area (Å²) >= 11 is 7.04. The molecule has 0 atom stereocenters. The Hall–Kier alpha value is -2.44. The summed E-state index contributed by atoms with van der Waals surface area (Å²) in [7, 11) is 0. The van der Waals surface area contributed by atoms with E-state index in [9.17, 15) is 15.0 Å². The summed E-state index contributed by atoms with van der Waals surface area (Å²) in [5.74, 6) is -1.01. The lowest BCUT2D eigenvalue weighted by Gasteiger charge is -2.02. The predicted octanol–water partition coefficient (Wildman–Crippen LogP) is 4.26. The second-order valence-corrected chi connectivity index (χ2v) is 7.08. The Morgan fingerprint density at radius 1 is 1.20 bits per heavy atom. The molecule has 3 rings (SSSR count). The summed E-state index contributed by atoms with van der Waals surface area (Å²) in [6, 6.07) is 8.70. The van der Waals surface area contributed by atoms with Gasteiger partial charge in [-0.15, -0.1) is 0 Å². The van der Waals surface area contributed by atoms with Crippen LogP contribution in [-0.2, 0) is 4.79 Å². The number of nitrogens with one attached hydrogen (secondary N) is 1. The lowest BCUT2D eigenvalue weighted by molar-refractivity contribution is -0.115. The fourth-order valence-electron chi connectivity index (χ4n) is 2.36. The average molecular weight is 375 g/mol. The van der Waals surface area contributed by atoms with E-state index >= 15 is 0 Å². The zero-order valence-corrected chi connectivity index (χ0v) is 15.1. The molecule has 1 saturated heterocycles. The van der Waals surface area contributed by atoms with Crippen molar-refractivity contribution in [1.29, 1.82) is 0 Å². The normalized spacial score (nSPS) is 17.3. The van der Waals surface area contributed by atoms with Crippen LogP contribution < -0.4 is 5.32 Å². The van der Waals surface area contributed by atoms with Crippen LogP contribution in [0.25, 0.3) is 6.08 Å². The molecule has 25 heavy (non-hydrogen) atoms. The highest BCUT2D eigenvalue weighted by Crippen LogP contribution is 2.36. The number of aromatic hydroxyl groups is 2. The Bertz CT molecular complexity index is 915. The molecule has 0 aliphatic carbocycles. The fourth-order valence-corrected chi connectivity index (χ4v) is 3.42. The second-order valence-electron chi connectivity index (χ2n) is 5.64. The molecule has 0 bridgehead atoms. The maximum Gasteiger partial charge on any atom is 0.264 e. The third-order valence-corrected chi connectivity index (χ3v) is 4.79. The van der Waals surface area contributed by atoms with E-state index in [2.05, 4.69) is 10.3 Å². The maximum absolute atomic E-state index is 12.1. The number of carbonyl (C=O) groups excluding carboxylic acids is 1. The Morgan fingerprint density at radius 2 is 1.96 bits per heavy atom. The van der Waals surface area contributed by atoms with E-state index in [4.69, 9.17) is 11.6 Å². The van der Waals surface area contributed by atoms with Crippen molar-refractivity contribution < 1.29 is 15.0 Å². The second kappa shape index (κ2) is 6.82. The predicted molar refractivity (Wildman–Crippen MR) is 102 cm³/mol. The molecule has 1 amide bonds. The van der Waals surface area contributed by atoms with Gasteiger partial charge in [-0.2, -0.15) is 0 Å². The van der Waals surface area contributed by atoms with Crippen LogP contribution >= 0.6 is 23.4 Å². The number of halogens is 1. The van der Waals surface area contributed by atoms with E-state index in [0.717, 1.165) is 16.8 Å². The lowest BCUT2D eigenvalue weighted by atomic mass is 10.1. The molecule has 1 fully saturated rings. The standard InChI is InChI=1S/C18H15ClN2O3S/c1-9-3-4-13(10(2)5-9)20-18-21-17(24)15(25-18)8-11-6-12(19)16(23)14(22)7-11/h3-8,22-23H,1-2H3,(H,20,21,24)/b15-8+. The van der Waals surface area contributed by atoms with Gasteiger partial charge in [0.05, 0.1) is 15.6 Å². The highest BCUT2D eigenvalue weighted by atomic mass is 35.5. The number of aliphatic imine (C=N–C) groups is 1. The number of phenolic OH excluding ortho intramolecular Hbond substituents is 2. The van der Waals surface area contributed by atoms with Crippen LogP contribution in [-0.4, -0.2) is 21.3 Å². The molecule has 1 aliphatic rings. The smallest absolute Gasteiger partial charge is 0.264 e. The molecule has 1 aliphatic heterocycles. The van der Waals surface area contributed by atoms with Crippen molar-refractivity contribution in [2.24, 2.45) is 4.99 Å². The highest BCUT2D eigenvalue weighted by molar-refractivity contribution is 8.18. The molecule has 3 N–H and O–H groups in total. The third kappa shape index (κ3) is 3.81. The first kappa shape index (κ1) is 17.4. The molecule has 1 heterocycles. The van der Waals surface area contributed by atoms with Crippen LogP contribution in [0.15, 0.2) is 40.2 Å². The summed E-state index contributed by atoms with van der Waals surface area (Å²) in [5.41, 5.74) is 3.47. The van der Waals surface area contributed by atoms with Gasteiger partial charge in [-0.05, 0) is 61.0 Å². The van der Waals surface area contributed by atoms with Crippen molar-refractivity contribution >= 4 is 46.2 Å². The number of thioether (sulfide) groups is 1. The molecule has 128 valence electrons. The lowest BCUT2D eigenvalue weighted by Crippen LogP contribution is -2.19. The van der Waals surface area contributed by atoms with E-state index in [1.807, 2.05) is 32.0 Å². The van der Waals surface area contributed by atoms with E-state index < -0.39 is 0 Å². The quantitative estimate of drug-likeness (QED) is 0.542. The number of phenols is 2. The van der Waals surface area contributed by atoms with Crippen LogP contribution in [0.4, 0.5) is 5.69 Å². The first-order valence-electron chi connectivity index (χ1n) is 7.42. The summed E-state index contributed by atoms with van der Waals surface area (Å²) < 4.78 is 0. The number of aryl methyl sites for hydroxylation is 2. The zero-order chi connectivity index (χ0) is 18.1. The molecule has 0 unspecified atom stereocenters. The fraction of sp³-hybridized carbons (Fsp3) is 0.111. The van der Waals surface area contributed by atoms with Gasteiger partial charge in [-0.3, -0.25) is 4.79 Å². The van der Waals surface area contributed by atoms with Crippen molar-refractivity contribution in [3.05, 3.63) is 56.9 Å². The van der Waals surface area contributed by atoms with Crippen LogP contribution in [0.5, 0.6) is 11.5 Å². The molecule has 2 aromatic carbocycles. The van der Waals surface area contributed by atoms with Gasteiger partial charge in [0.2, 0.25) is 0 Å². The van der Waals surface area contributed by atoms with Crippen molar-refractivity contribution in [2.75, 3.05) is 0 Å². The van der Waals surface area contributed by atoms with Gasteiger partial charge >= 0.3 is 0 Å². The molecule has 0 saturated carbocycles. The van der Waals surface area contributed by atoms with Crippen molar-refractivity contribution in [1.82, 2.24) is 5.32 Å². The number of hydrogen-bond acceptors (Lipinski definition) is 5. The monoisotopic (exact) mass is 374 g/mol. The molecular weight excluding hydrogens is 360 g/mol. The third-order valence-electron chi connectivity index (χ3n) is 3.59. The van der Waals surface area contributed by atoms with E-state index in [0.29, 0.717) is 15.6 Å². The summed E-state index contributed by atoms with van der Waals surface area (Å²) in [4.78, 5) is 17.0. The van der Waals surface area contributed by atoms with Crippen LogP contribution in [0.2, 0.25) is 5.02 Å². The number of hydrogen-bond donors (Lipinski definition) is 3. The molecular formula is C18H15ClN2O3S. The molecule has 2 aromatic rings. The Labute approximate surface area is 154 Å². The Morgan fingerprint density at radius 3 is 2.64 bits per heavy atom. The summed E-state index contributed by atoms with van der Waals surface area (Å²) in [6.45, 7) is 3.97. The summed E-state index contributed by atoms with van der Waals surface area (Å²) in [5, 5.41) is 22.3. The van der Waals surface area contributed by atoms with Gasteiger partial charge in [0.1, 0.15) is 0 Å². The number of amidine groups is 1. The van der Waals surface area contributed by atoms with Gasteiger partial charge < -0.3 is 15.5 Å². The maximum atomic E-state index is 12.1. The van der Waals surface area contributed by atoms with Crippen molar-refractivity contribution in [3.8, 4) is 11.5 Å². The molecule has 0 radical (unpaired) electrons. The minimum Gasteiger partial charge on any atom is -0.504 e. The van der Waals surface area contributed by atoms with Gasteiger partial charge in [0.25, 0.3) is 5.91 Å². The van der Waals surface area contributed by atoms with Crippen LogP contribution in [0.3, 0.4) is 0 Å². The van der Waals surface area contributed by atoms with Crippen molar-refractivity contribution in [3.63, 3.8) is 0 Å². The SMILES string of the molecule is Cc1ccc(N=C2NC(=O)/C(=C\c3cc(O)c(O)c(Cl)c3)S2)c(C)c1.